The number of aldehydes is 2. The number of aliphatic carboxylic acids is 2. The second kappa shape index (κ2) is 31.5. The molecule has 1 aromatic carbocycles. The number of hydrogen-bond acceptors (Lipinski definition) is 13. The fourth-order valence-electron chi connectivity index (χ4n) is 4.36. The SMILES string of the molecule is CC.CNCCOc1ccc(CC(N[As])C(C)=O)cc1.CO.O=CCN1CCN(CC=O)CCN(CC(=O)O)CCN(CC(=O)O)CC1. The molecule has 0 bridgehead atoms. The average molecular weight is 745 g/mol. The van der Waals surface area contributed by atoms with E-state index in [2.05, 4.69) is 26.6 Å². The van der Waals surface area contributed by atoms with Crippen LogP contribution in [0.2, 0.25) is 0 Å². The molecule has 1 aromatic rings. The summed E-state index contributed by atoms with van der Waals surface area (Å²) >= 11 is 2.25. The zero-order valence-electron chi connectivity index (χ0n) is 29.2. The maximum atomic E-state index is 11.3. The van der Waals surface area contributed by atoms with Gasteiger partial charge in [0.05, 0.1) is 26.2 Å². The normalized spacial score (nSPS) is 15.6. The number of rotatable bonds is 16. The van der Waals surface area contributed by atoms with Gasteiger partial charge < -0.3 is 24.9 Å². The van der Waals surface area contributed by atoms with Crippen LogP contribution in [0.5, 0.6) is 5.75 Å². The van der Waals surface area contributed by atoms with Crippen LogP contribution in [-0.2, 0) is 30.4 Å². The Morgan fingerprint density at radius 1 is 0.812 bits per heavy atom. The monoisotopic (exact) mass is 744 g/mol. The third-order valence-corrected chi connectivity index (χ3v) is 7.60. The zero-order chi connectivity index (χ0) is 36.7. The van der Waals surface area contributed by atoms with Crippen molar-refractivity contribution in [2.24, 2.45) is 0 Å². The molecule has 0 saturated carbocycles. The molecule has 2 rings (SSSR count). The van der Waals surface area contributed by atoms with Crippen molar-refractivity contribution in [2.75, 3.05) is 106 Å². The first-order valence-corrected chi connectivity index (χ1v) is 17.0. The number of carboxylic acids is 2. The fourth-order valence-corrected chi connectivity index (χ4v) is 4.94. The van der Waals surface area contributed by atoms with Crippen molar-refractivity contribution in [3.63, 3.8) is 0 Å². The number of benzene rings is 1. The topological polar surface area (TPSA) is 192 Å². The minimum Gasteiger partial charge on any atom is -0.480 e. The van der Waals surface area contributed by atoms with E-state index in [9.17, 15) is 24.0 Å². The number of carbonyl (C=O) groups excluding carboxylic acids is 3. The van der Waals surface area contributed by atoms with Gasteiger partial charge in [-0.2, -0.15) is 0 Å². The Kier molecular flexibility index (Phi) is 31.1. The molecule has 1 aliphatic heterocycles. The number of likely N-dealkylation sites (N-methyl/N-ethyl adjacent to an activating group) is 1. The van der Waals surface area contributed by atoms with Crippen LogP contribution < -0.4 is 14.3 Å². The molecular formula is C32H57AsN6O9. The van der Waals surface area contributed by atoms with Crippen LogP contribution in [-0.4, -0.2) is 194 Å². The van der Waals surface area contributed by atoms with Crippen molar-refractivity contribution in [3.8, 4) is 5.75 Å². The average Bonchev–Trinajstić information content (AvgIpc) is 3.07. The van der Waals surface area contributed by atoms with E-state index in [4.69, 9.17) is 20.1 Å². The van der Waals surface area contributed by atoms with Crippen LogP contribution in [0.1, 0.15) is 26.3 Å². The molecule has 1 unspecified atom stereocenters. The van der Waals surface area contributed by atoms with Gasteiger partial charge in [0, 0.05) is 59.5 Å². The predicted octanol–water partition coefficient (Wildman–Crippen LogP) is -1.13. The summed E-state index contributed by atoms with van der Waals surface area (Å²) in [5.74, 6) is -0.888. The molecule has 0 spiro atoms. The molecule has 1 saturated heterocycles. The van der Waals surface area contributed by atoms with Crippen LogP contribution >= 0.6 is 0 Å². The number of hydrogen-bond donors (Lipinski definition) is 5. The number of ketones is 1. The van der Waals surface area contributed by atoms with Crippen LogP contribution in [0.25, 0.3) is 0 Å². The summed E-state index contributed by atoms with van der Waals surface area (Å²) < 4.78 is 8.49. The maximum Gasteiger partial charge on any atom is 0.317 e. The number of carbonyl (C=O) groups is 5. The number of Topliss-reactive ketones (excluding diaryl/α,β-unsaturated/α-hetero) is 1. The minimum atomic E-state index is -0.944. The molecule has 1 fully saturated rings. The number of aliphatic hydroxyl groups is 1. The summed E-state index contributed by atoms with van der Waals surface area (Å²) in [7, 11) is 2.89. The Hall–Kier alpha value is -2.75. The standard InChI is InChI=1S/C16H28N4O6.C13H19AsN2O2.C2H6.CH4O/c21-11-9-17-1-2-18(10-12-22)4-6-20(14-16(25)26)8-7-19(5-3-17)13-15(23)24;1-10(17)13(16-14)9-11-3-5-12(6-4-11)18-8-7-15-2;2*1-2/h11-12H,1-10,13-14H2,(H,23,24)(H,25,26);3-6,13,15-16H,7-9H2,1-2H3;1-2H3;2H,1H3. The number of ether oxygens (including phenoxy) is 1. The Labute approximate surface area is 294 Å². The van der Waals surface area contributed by atoms with Gasteiger partial charge in [0.25, 0.3) is 0 Å². The van der Waals surface area contributed by atoms with Gasteiger partial charge in [-0.3, -0.25) is 29.2 Å². The number of nitrogens with zero attached hydrogens (tertiary/aromatic N) is 4. The van der Waals surface area contributed by atoms with E-state index in [0.29, 0.717) is 65.4 Å². The molecule has 15 nitrogen and oxygen atoms in total. The Bertz CT molecular complexity index is 965. The van der Waals surface area contributed by atoms with Crippen LogP contribution in [0, 0.1) is 0 Å². The maximum absolute atomic E-state index is 11.3. The first kappa shape index (κ1) is 47.4. The molecule has 0 aromatic heterocycles. The fraction of sp³-hybridized carbons (Fsp3) is 0.656. The van der Waals surface area contributed by atoms with E-state index in [0.717, 1.165) is 37.5 Å². The molecule has 274 valence electrons. The second-order valence-corrected chi connectivity index (χ2v) is 10.9. The van der Waals surface area contributed by atoms with Crippen molar-refractivity contribution in [1.29, 1.82) is 0 Å². The molecule has 16 heteroatoms. The quantitative estimate of drug-likeness (QED) is 0.0776. The second-order valence-electron chi connectivity index (χ2n) is 10.4. The molecule has 1 atom stereocenters. The summed E-state index contributed by atoms with van der Waals surface area (Å²) in [5.41, 5.74) is 1.12. The Morgan fingerprint density at radius 2 is 1.21 bits per heavy atom. The van der Waals surface area contributed by atoms with Crippen LogP contribution in [0.4, 0.5) is 0 Å². The van der Waals surface area contributed by atoms with Crippen molar-refractivity contribution >= 4 is 47.4 Å². The van der Waals surface area contributed by atoms with Crippen LogP contribution in [0.3, 0.4) is 0 Å². The summed E-state index contributed by atoms with van der Waals surface area (Å²) in [5, 5.41) is 28.2. The van der Waals surface area contributed by atoms with Gasteiger partial charge in [0.1, 0.15) is 12.6 Å². The largest absolute Gasteiger partial charge is 0.480 e. The van der Waals surface area contributed by atoms with Gasteiger partial charge >= 0.3 is 129 Å². The smallest absolute Gasteiger partial charge is 0.317 e. The van der Waals surface area contributed by atoms with E-state index in [1.807, 2.05) is 55.0 Å². The number of carboxylic acid groups (broad SMARTS) is 2. The zero-order valence-corrected chi connectivity index (χ0v) is 31.1. The van der Waals surface area contributed by atoms with Gasteiger partial charge in [-0.25, -0.2) is 0 Å². The molecular weight excluding hydrogens is 687 g/mol. The minimum absolute atomic E-state index is 0.132. The van der Waals surface area contributed by atoms with E-state index in [1.165, 1.54) is 0 Å². The van der Waals surface area contributed by atoms with E-state index < -0.39 is 11.9 Å². The van der Waals surface area contributed by atoms with E-state index in [-0.39, 0.29) is 38.0 Å². The first-order chi connectivity index (χ1) is 23.1. The molecule has 0 aliphatic carbocycles. The predicted molar refractivity (Wildman–Crippen MR) is 186 cm³/mol. The molecule has 48 heavy (non-hydrogen) atoms. The number of nitrogens with one attached hydrogen (secondary N) is 2. The Morgan fingerprint density at radius 3 is 1.52 bits per heavy atom. The van der Waals surface area contributed by atoms with Gasteiger partial charge in [-0.15, -0.1) is 0 Å². The third kappa shape index (κ3) is 24.4. The molecule has 5 N–H and O–H groups in total. The molecule has 1 heterocycles. The van der Waals surface area contributed by atoms with Crippen molar-refractivity contribution in [1.82, 2.24) is 29.2 Å². The summed E-state index contributed by atoms with van der Waals surface area (Å²) in [6.45, 7) is 11.3. The molecule has 0 amide bonds. The first-order valence-electron chi connectivity index (χ1n) is 16.0. The van der Waals surface area contributed by atoms with Crippen LogP contribution in [0.15, 0.2) is 24.3 Å². The molecule has 2 radical (unpaired) electrons. The third-order valence-electron chi connectivity index (χ3n) is 6.94. The summed E-state index contributed by atoms with van der Waals surface area (Å²) in [4.78, 5) is 62.6. The van der Waals surface area contributed by atoms with Gasteiger partial charge in [0.15, 0.2) is 0 Å². The van der Waals surface area contributed by atoms with Crippen molar-refractivity contribution in [3.05, 3.63) is 29.8 Å². The van der Waals surface area contributed by atoms with Gasteiger partial charge in [0.2, 0.25) is 0 Å². The van der Waals surface area contributed by atoms with E-state index in [1.54, 1.807) is 16.7 Å². The number of aliphatic hydroxyl groups excluding tert-OH is 1. The molecule has 1 aliphatic rings. The van der Waals surface area contributed by atoms with Crippen molar-refractivity contribution < 1.29 is 44.0 Å². The Balaban J connectivity index is 0. The van der Waals surface area contributed by atoms with Gasteiger partial charge in [-0.05, 0) is 0 Å². The summed E-state index contributed by atoms with van der Waals surface area (Å²) in [6, 6.07) is 7.73. The van der Waals surface area contributed by atoms with Gasteiger partial charge in [-0.1, -0.05) is 13.8 Å². The summed E-state index contributed by atoms with van der Waals surface area (Å²) in [6.07, 6.45) is 2.32. The van der Waals surface area contributed by atoms with Crippen molar-refractivity contribution in [2.45, 2.75) is 33.2 Å². The van der Waals surface area contributed by atoms with E-state index >= 15 is 0 Å².